The summed E-state index contributed by atoms with van der Waals surface area (Å²) in [6, 6.07) is 26.3. The number of pyridine rings is 2. The quantitative estimate of drug-likeness (QED) is 0.344. The van der Waals surface area contributed by atoms with Crippen LogP contribution in [0.4, 0.5) is 5.69 Å². The molecule has 2 N–H and O–H groups in total. The molecule has 0 saturated carbocycles. The highest BCUT2D eigenvalue weighted by molar-refractivity contribution is 7.90. The van der Waals surface area contributed by atoms with E-state index in [2.05, 4.69) is 20.0 Å². The SMILES string of the molecule is O=C(NS(=O)(=O)c1ccc(NC(=O)c2cc(-c3ccncc3)nc3ccccc23)cc1)c1ccccc1. The molecule has 0 aliphatic heterocycles. The summed E-state index contributed by atoms with van der Waals surface area (Å²) in [7, 11) is -4.10. The molecule has 0 atom stereocenters. The lowest BCUT2D eigenvalue weighted by molar-refractivity contribution is 0.0980. The molecule has 37 heavy (non-hydrogen) atoms. The maximum absolute atomic E-state index is 13.3. The van der Waals surface area contributed by atoms with E-state index in [-0.39, 0.29) is 16.4 Å². The average molecular weight is 509 g/mol. The number of aromatic nitrogens is 2. The minimum absolute atomic E-state index is 0.107. The lowest BCUT2D eigenvalue weighted by Crippen LogP contribution is -2.30. The maximum atomic E-state index is 13.3. The molecule has 2 heterocycles. The van der Waals surface area contributed by atoms with E-state index in [1.807, 2.05) is 36.4 Å². The zero-order chi connectivity index (χ0) is 25.8. The Bertz CT molecular complexity index is 1710. The fraction of sp³-hybridized carbons (Fsp3) is 0. The predicted molar refractivity (Wildman–Crippen MR) is 140 cm³/mol. The van der Waals surface area contributed by atoms with Crippen LogP contribution in [0.1, 0.15) is 20.7 Å². The molecule has 2 amide bonds. The summed E-state index contributed by atoms with van der Waals surface area (Å²) in [5.41, 5.74) is 3.15. The highest BCUT2D eigenvalue weighted by Crippen LogP contribution is 2.25. The van der Waals surface area contributed by atoms with Crippen molar-refractivity contribution in [2.45, 2.75) is 4.90 Å². The number of nitrogens with one attached hydrogen (secondary N) is 2. The number of para-hydroxylation sites is 1. The minimum atomic E-state index is -4.10. The van der Waals surface area contributed by atoms with Crippen molar-refractivity contribution >= 4 is 38.4 Å². The molecule has 0 saturated heterocycles. The van der Waals surface area contributed by atoms with Crippen LogP contribution in [-0.2, 0) is 10.0 Å². The molecule has 5 rings (SSSR count). The zero-order valence-corrected chi connectivity index (χ0v) is 20.1. The molecule has 0 spiro atoms. The summed E-state index contributed by atoms with van der Waals surface area (Å²) in [5, 5.41) is 3.49. The van der Waals surface area contributed by atoms with E-state index >= 15 is 0 Å². The largest absolute Gasteiger partial charge is 0.322 e. The van der Waals surface area contributed by atoms with Crippen LogP contribution >= 0.6 is 0 Å². The van der Waals surface area contributed by atoms with Crippen LogP contribution in [0, 0.1) is 0 Å². The molecule has 2 aromatic heterocycles. The smallest absolute Gasteiger partial charge is 0.264 e. The van der Waals surface area contributed by atoms with Crippen LogP contribution in [0.5, 0.6) is 0 Å². The Labute approximate surface area is 213 Å². The highest BCUT2D eigenvalue weighted by Gasteiger charge is 2.19. The molecule has 0 bridgehead atoms. The van der Waals surface area contributed by atoms with Gasteiger partial charge >= 0.3 is 0 Å². The topological polar surface area (TPSA) is 118 Å². The second kappa shape index (κ2) is 10.00. The first kappa shape index (κ1) is 23.8. The van der Waals surface area contributed by atoms with Gasteiger partial charge in [-0.1, -0.05) is 36.4 Å². The number of amides is 2. The lowest BCUT2D eigenvalue weighted by Gasteiger charge is -2.11. The number of hydrogen-bond acceptors (Lipinski definition) is 6. The maximum Gasteiger partial charge on any atom is 0.264 e. The van der Waals surface area contributed by atoms with Crippen molar-refractivity contribution in [2.24, 2.45) is 0 Å². The van der Waals surface area contributed by atoms with E-state index in [4.69, 9.17) is 0 Å². The average Bonchev–Trinajstić information content (AvgIpc) is 2.93. The molecule has 0 aliphatic rings. The van der Waals surface area contributed by atoms with Crippen molar-refractivity contribution in [2.75, 3.05) is 5.32 Å². The van der Waals surface area contributed by atoms with Crippen molar-refractivity contribution in [1.29, 1.82) is 0 Å². The highest BCUT2D eigenvalue weighted by atomic mass is 32.2. The first-order valence-corrected chi connectivity index (χ1v) is 12.7. The van der Waals surface area contributed by atoms with Crippen LogP contribution in [0.3, 0.4) is 0 Å². The first-order valence-electron chi connectivity index (χ1n) is 11.2. The Morgan fingerprint density at radius 2 is 1.41 bits per heavy atom. The van der Waals surface area contributed by atoms with E-state index < -0.39 is 15.9 Å². The Balaban J connectivity index is 1.38. The van der Waals surface area contributed by atoms with Crippen molar-refractivity contribution < 1.29 is 18.0 Å². The molecule has 0 fully saturated rings. The van der Waals surface area contributed by atoms with Gasteiger partial charge in [-0.25, -0.2) is 18.1 Å². The Morgan fingerprint density at radius 1 is 0.730 bits per heavy atom. The molecule has 8 nitrogen and oxygen atoms in total. The van der Waals surface area contributed by atoms with Crippen molar-refractivity contribution in [1.82, 2.24) is 14.7 Å². The van der Waals surface area contributed by atoms with Crippen molar-refractivity contribution in [3.8, 4) is 11.3 Å². The second-order valence-corrected chi connectivity index (χ2v) is 9.77. The summed E-state index contributed by atoms with van der Waals surface area (Å²) < 4.78 is 27.4. The van der Waals surface area contributed by atoms with Crippen LogP contribution in [-0.4, -0.2) is 30.2 Å². The van der Waals surface area contributed by atoms with Gasteiger partial charge in [-0.05, 0) is 60.7 Å². The third kappa shape index (κ3) is 5.21. The van der Waals surface area contributed by atoms with E-state index in [0.29, 0.717) is 27.8 Å². The Hall–Kier alpha value is -4.89. The summed E-state index contributed by atoms with van der Waals surface area (Å²) in [5.74, 6) is -1.10. The number of carbonyl (C=O) groups excluding carboxylic acids is 2. The number of sulfonamides is 1. The summed E-state index contributed by atoms with van der Waals surface area (Å²) in [6.07, 6.45) is 3.31. The third-order valence-corrected chi connectivity index (χ3v) is 6.97. The number of nitrogens with zero attached hydrogens (tertiary/aromatic N) is 2. The fourth-order valence-corrected chi connectivity index (χ4v) is 4.75. The van der Waals surface area contributed by atoms with Gasteiger partial charge in [0.05, 0.1) is 21.7 Å². The molecule has 0 unspecified atom stereocenters. The van der Waals surface area contributed by atoms with E-state index in [1.165, 1.54) is 36.4 Å². The van der Waals surface area contributed by atoms with Crippen molar-refractivity contribution in [3.63, 3.8) is 0 Å². The molecular weight excluding hydrogens is 488 g/mol. The molecule has 9 heteroatoms. The van der Waals surface area contributed by atoms with Gasteiger partial charge in [-0.15, -0.1) is 0 Å². The minimum Gasteiger partial charge on any atom is -0.322 e. The van der Waals surface area contributed by atoms with E-state index in [1.54, 1.807) is 36.7 Å². The standard InChI is InChI=1S/C28H20N4O4S/c33-27(20-6-2-1-3-7-20)32-37(35,36)22-12-10-21(11-13-22)30-28(34)24-18-26(19-14-16-29-17-15-19)31-25-9-5-4-8-23(24)25/h1-18H,(H,30,34)(H,32,33). The fourth-order valence-electron chi connectivity index (χ4n) is 3.78. The number of hydrogen-bond donors (Lipinski definition) is 2. The number of benzene rings is 3. The van der Waals surface area contributed by atoms with Crippen LogP contribution in [0.25, 0.3) is 22.2 Å². The molecular formula is C28H20N4O4S. The van der Waals surface area contributed by atoms with Gasteiger partial charge in [-0.2, -0.15) is 0 Å². The molecule has 3 aromatic carbocycles. The first-order chi connectivity index (χ1) is 17.9. The van der Waals surface area contributed by atoms with Crippen LogP contribution < -0.4 is 10.0 Å². The van der Waals surface area contributed by atoms with E-state index in [9.17, 15) is 18.0 Å². The summed E-state index contributed by atoms with van der Waals surface area (Å²) in [4.78, 5) is 34.1. The molecule has 0 aliphatic carbocycles. The summed E-state index contributed by atoms with van der Waals surface area (Å²) >= 11 is 0. The summed E-state index contributed by atoms with van der Waals surface area (Å²) in [6.45, 7) is 0. The second-order valence-electron chi connectivity index (χ2n) is 8.09. The monoisotopic (exact) mass is 508 g/mol. The van der Waals surface area contributed by atoms with Gasteiger partial charge < -0.3 is 5.32 Å². The predicted octanol–water partition coefficient (Wildman–Crippen LogP) is 4.67. The van der Waals surface area contributed by atoms with Gasteiger partial charge in [0.2, 0.25) is 0 Å². The van der Waals surface area contributed by atoms with Crippen molar-refractivity contribution in [3.05, 3.63) is 121 Å². The number of anilines is 1. The lowest BCUT2D eigenvalue weighted by atomic mass is 10.0. The number of carbonyl (C=O) groups is 2. The number of rotatable bonds is 6. The zero-order valence-electron chi connectivity index (χ0n) is 19.3. The third-order valence-electron chi connectivity index (χ3n) is 5.62. The van der Waals surface area contributed by atoms with E-state index in [0.717, 1.165) is 5.56 Å². The Kier molecular flexibility index (Phi) is 6.44. The van der Waals surface area contributed by atoms with Gasteiger partial charge in [0.1, 0.15) is 0 Å². The van der Waals surface area contributed by atoms with Gasteiger partial charge in [0.15, 0.2) is 0 Å². The number of fused-ring (bicyclic) bond motifs is 1. The van der Waals surface area contributed by atoms with Crippen LogP contribution in [0.15, 0.2) is 114 Å². The molecule has 0 radical (unpaired) electrons. The van der Waals surface area contributed by atoms with Gasteiger partial charge in [-0.3, -0.25) is 14.6 Å². The van der Waals surface area contributed by atoms with Gasteiger partial charge in [0.25, 0.3) is 21.8 Å². The molecule has 5 aromatic rings. The van der Waals surface area contributed by atoms with Crippen LogP contribution in [0.2, 0.25) is 0 Å². The van der Waals surface area contributed by atoms with Gasteiger partial charge in [0, 0.05) is 34.6 Å². The Morgan fingerprint density at radius 3 is 2.14 bits per heavy atom. The normalized spacial score (nSPS) is 11.1. The molecule has 182 valence electrons.